The van der Waals surface area contributed by atoms with Crippen LogP contribution in [0.5, 0.6) is 0 Å². The van der Waals surface area contributed by atoms with Crippen LogP contribution in [0.2, 0.25) is 5.02 Å². The van der Waals surface area contributed by atoms with E-state index in [4.69, 9.17) is 11.6 Å². The normalized spacial score (nSPS) is 12.0. The number of rotatable bonds is 3. The molecule has 2 rings (SSSR count). The van der Waals surface area contributed by atoms with E-state index in [1.54, 1.807) is 24.3 Å². The number of carbonyl (C=O) groups is 1. The number of nitrogens with one attached hydrogen (secondary N) is 1. The van der Waals surface area contributed by atoms with Crippen LogP contribution in [0.15, 0.2) is 42.5 Å². The fraction of sp³-hybridized carbons (Fsp3) is 0.235. The van der Waals surface area contributed by atoms with Crippen molar-refractivity contribution in [2.24, 2.45) is 0 Å². The molecule has 0 aliphatic rings. The molecule has 1 atom stereocenters. The summed E-state index contributed by atoms with van der Waals surface area (Å²) < 4.78 is 0. The van der Waals surface area contributed by atoms with Gasteiger partial charge < -0.3 is 5.32 Å². The number of halogens is 1. The molecule has 0 aliphatic heterocycles. The van der Waals surface area contributed by atoms with Gasteiger partial charge in [0, 0.05) is 10.6 Å². The zero-order valence-corrected chi connectivity index (χ0v) is 12.7. The highest BCUT2D eigenvalue weighted by atomic mass is 35.5. The van der Waals surface area contributed by atoms with E-state index in [1.165, 1.54) is 11.1 Å². The van der Waals surface area contributed by atoms with Gasteiger partial charge in [-0.3, -0.25) is 4.79 Å². The summed E-state index contributed by atoms with van der Waals surface area (Å²) in [5.41, 5.74) is 4.17. The molecular weight excluding hydrogens is 270 g/mol. The molecule has 2 nitrogen and oxygen atoms in total. The van der Waals surface area contributed by atoms with E-state index in [0.29, 0.717) is 10.6 Å². The molecule has 2 aromatic carbocycles. The van der Waals surface area contributed by atoms with Gasteiger partial charge in [-0.25, -0.2) is 0 Å². The summed E-state index contributed by atoms with van der Waals surface area (Å²) in [7, 11) is 0. The second-order valence-electron chi connectivity index (χ2n) is 5.06. The monoisotopic (exact) mass is 287 g/mol. The van der Waals surface area contributed by atoms with Gasteiger partial charge in [0.1, 0.15) is 0 Å². The van der Waals surface area contributed by atoms with E-state index in [0.717, 1.165) is 5.56 Å². The minimum absolute atomic E-state index is 0.0289. The average Bonchev–Trinajstić information content (AvgIpc) is 2.39. The Kier molecular flexibility index (Phi) is 4.46. The third-order valence-electron chi connectivity index (χ3n) is 3.35. The minimum Gasteiger partial charge on any atom is -0.346 e. The van der Waals surface area contributed by atoms with Crippen molar-refractivity contribution in [2.45, 2.75) is 26.8 Å². The third-order valence-corrected chi connectivity index (χ3v) is 3.60. The van der Waals surface area contributed by atoms with Crippen LogP contribution in [0.4, 0.5) is 0 Å². The van der Waals surface area contributed by atoms with Gasteiger partial charge in [0.15, 0.2) is 0 Å². The molecular formula is C17H18ClNO. The van der Waals surface area contributed by atoms with Crippen molar-refractivity contribution >= 4 is 17.5 Å². The maximum Gasteiger partial charge on any atom is 0.251 e. The smallest absolute Gasteiger partial charge is 0.251 e. The highest BCUT2D eigenvalue weighted by Gasteiger charge is 2.13. The Morgan fingerprint density at radius 1 is 1.10 bits per heavy atom. The second kappa shape index (κ2) is 6.10. The highest BCUT2D eigenvalue weighted by Crippen LogP contribution is 2.19. The lowest BCUT2D eigenvalue weighted by atomic mass is 10.00. The van der Waals surface area contributed by atoms with Crippen molar-refractivity contribution in [1.82, 2.24) is 5.32 Å². The van der Waals surface area contributed by atoms with Crippen LogP contribution in [-0.2, 0) is 0 Å². The molecule has 104 valence electrons. The van der Waals surface area contributed by atoms with Crippen LogP contribution in [0.3, 0.4) is 0 Å². The van der Waals surface area contributed by atoms with E-state index >= 15 is 0 Å². The Morgan fingerprint density at radius 2 is 1.75 bits per heavy atom. The van der Waals surface area contributed by atoms with Gasteiger partial charge >= 0.3 is 0 Å². The summed E-state index contributed by atoms with van der Waals surface area (Å²) in [6, 6.07) is 13.1. The van der Waals surface area contributed by atoms with Gasteiger partial charge in [-0.05, 0) is 56.2 Å². The van der Waals surface area contributed by atoms with Crippen molar-refractivity contribution in [3.05, 3.63) is 69.7 Å². The quantitative estimate of drug-likeness (QED) is 0.888. The number of amides is 1. The van der Waals surface area contributed by atoms with Gasteiger partial charge in [0.25, 0.3) is 5.91 Å². The molecule has 3 heteroatoms. The molecule has 1 N–H and O–H groups in total. The SMILES string of the molecule is Cc1ccc([C@@H](C)NC(=O)c2ccc(Cl)cc2)c(C)c1. The van der Waals surface area contributed by atoms with E-state index in [9.17, 15) is 4.79 Å². The summed E-state index contributed by atoms with van der Waals surface area (Å²) in [5, 5.41) is 3.64. The topological polar surface area (TPSA) is 29.1 Å². The maximum absolute atomic E-state index is 12.2. The molecule has 0 unspecified atom stereocenters. The van der Waals surface area contributed by atoms with Crippen LogP contribution in [0.25, 0.3) is 0 Å². The Hall–Kier alpha value is -1.80. The largest absolute Gasteiger partial charge is 0.346 e. The molecule has 0 fully saturated rings. The molecule has 0 radical (unpaired) electrons. The first-order valence-electron chi connectivity index (χ1n) is 6.61. The zero-order valence-electron chi connectivity index (χ0n) is 11.9. The molecule has 0 saturated heterocycles. The second-order valence-corrected chi connectivity index (χ2v) is 5.50. The number of benzene rings is 2. The van der Waals surface area contributed by atoms with Gasteiger partial charge in [0.05, 0.1) is 6.04 Å². The predicted octanol–water partition coefficient (Wildman–Crippen LogP) is 4.45. The van der Waals surface area contributed by atoms with E-state index in [1.807, 2.05) is 6.92 Å². The fourth-order valence-corrected chi connectivity index (χ4v) is 2.40. The Bertz CT molecular complexity index is 619. The summed E-state index contributed by atoms with van der Waals surface area (Å²) in [5.74, 6) is -0.0888. The first-order valence-corrected chi connectivity index (χ1v) is 6.99. The summed E-state index contributed by atoms with van der Waals surface area (Å²) >= 11 is 5.82. The third kappa shape index (κ3) is 3.40. The molecule has 0 aromatic heterocycles. The number of carbonyl (C=O) groups excluding carboxylic acids is 1. The van der Waals surface area contributed by atoms with Crippen molar-refractivity contribution in [3.8, 4) is 0 Å². The highest BCUT2D eigenvalue weighted by molar-refractivity contribution is 6.30. The number of hydrogen-bond donors (Lipinski definition) is 1. The Labute approximate surface area is 124 Å². The van der Waals surface area contributed by atoms with Crippen molar-refractivity contribution in [2.75, 3.05) is 0 Å². The fourth-order valence-electron chi connectivity index (χ4n) is 2.27. The Morgan fingerprint density at radius 3 is 2.35 bits per heavy atom. The average molecular weight is 288 g/mol. The molecule has 0 saturated carbocycles. The first kappa shape index (κ1) is 14.6. The zero-order chi connectivity index (χ0) is 14.7. The standard InChI is InChI=1S/C17H18ClNO/c1-11-4-9-16(12(2)10-11)13(3)19-17(20)14-5-7-15(18)8-6-14/h4-10,13H,1-3H3,(H,19,20)/t13-/m1/s1. The molecule has 20 heavy (non-hydrogen) atoms. The van der Waals surface area contributed by atoms with E-state index in [-0.39, 0.29) is 11.9 Å². The van der Waals surface area contributed by atoms with Gasteiger partial charge in [0.2, 0.25) is 0 Å². The molecule has 0 bridgehead atoms. The summed E-state index contributed by atoms with van der Waals surface area (Å²) in [4.78, 5) is 12.2. The molecule has 0 spiro atoms. The maximum atomic E-state index is 12.2. The van der Waals surface area contributed by atoms with E-state index < -0.39 is 0 Å². The van der Waals surface area contributed by atoms with Gasteiger partial charge in [-0.2, -0.15) is 0 Å². The predicted molar refractivity (Wildman–Crippen MR) is 83.2 cm³/mol. The van der Waals surface area contributed by atoms with Crippen molar-refractivity contribution < 1.29 is 4.79 Å². The lowest BCUT2D eigenvalue weighted by molar-refractivity contribution is 0.0940. The van der Waals surface area contributed by atoms with Gasteiger partial charge in [-0.1, -0.05) is 35.4 Å². The van der Waals surface area contributed by atoms with Crippen LogP contribution < -0.4 is 5.32 Å². The molecule has 0 aliphatic carbocycles. The first-order chi connectivity index (χ1) is 9.47. The summed E-state index contributed by atoms with van der Waals surface area (Å²) in [6.45, 7) is 6.12. The molecule has 0 heterocycles. The number of hydrogen-bond acceptors (Lipinski definition) is 1. The lowest BCUT2D eigenvalue weighted by Crippen LogP contribution is -2.27. The Balaban J connectivity index is 2.12. The van der Waals surface area contributed by atoms with Crippen LogP contribution in [0, 0.1) is 13.8 Å². The van der Waals surface area contributed by atoms with Crippen molar-refractivity contribution in [3.63, 3.8) is 0 Å². The minimum atomic E-state index is -0.0888. The lowest BCUT2D eigenvalue weighted by Gasteiger charge is -2.17. The van der Waals surface area contributed by atoms with Crippen LogP contribution >= 0.6 is 11.6 Å². The van der Waals surface area contributed by atoms with Gasteiger partial charge in [-0.15, -0.1) is 0 Å². The van der Waals surface area contributed by atoms with Crippen LogP contribution in [-0.4, -0.2) is 5.91 Å². The summed E-state index contributed by atoms with van der Waals surface area (Å²) in [6.07, 6.45) is 0. The van der Waals surface area contributed by atoms with Crippen LogP contribution in [0.1, 0.15) is 40.0 Å². The molecule has 1 amide bonds. The molecule has 2 aromatic rings. The van der Waals surface area contributed by atoms with E-state index in [2.05, 4.69) is 37.4 Å². The number of aryl methyl sites for hydroxylation is 2. The van der Waals surface area contributed by atoms with Crippen molar-refractivity contribution in [1.29, 1.82) is 0 Å².